The molecule has 1 N–H and O–H groups in total. The predicted molar refractivity (Wildman–Crippen MR) is 61.9 cm³/mol. The molecular weight excluding hydrogens is 294 g/mol. The van der Waals surface area contributed by atoms with Gasteiger partial charge >= 0.3 is 11.7 Å². The number of halogens is 1. The number of aliphatic carboxylic acids is 1. The first kappa shape index (κ1) is 11.8. The van der Waals surface area contributed by atoms with E-state index in [2.05, 4.69) is 20.9 Å². The second-order valence-corrected chi connectivity index (χ2v) is 4.61. The Hall–Kier alpha value is -1.70. The third-order valence-corrected chi connectivity index (χ3v) is 2.97. The quantitative estimate of drug-likeness (QED) is 0.667. The fourth-order valence-corrected chi connectivity index (χ4v) is 1.93. The SMILES string of the molecule is O=C(O)C1CN(c2ncc(Br)cc2[N+](=O)[O-])C1. The van der Waals surface area contributed by atoms with E-state index in [1.807, 2.05) is 0 Å². The van der Waals surface area contributed by atoms with Crippen LogP contribution in [0.1, 0.15) is 0 Å². The van der Waals surface area contributed by atoms with Gasteiger partial charge in [-0.1, -0.05) is 0 Å². The van der Waals surface area contributed by atoms with Crippen LogP contribution in [0.2, 0.25) is 0 Å². The maximum Gasteiger partial charge on any atom is 0.312 e. The lowest BCUT2D eigenvalue weighted by Gasteiger charge is -2.37. The molecule has 0 radical (unpaired) electrons. The monoisotopic (exact) mass is 301 g/mol. The van der Waals surface area contributed by atoms with E-state index in [1.54, 1.807) is 4.90 Å². The molecule has 17 heavy (non-hydrogen) atoms. The molecule has 0 amide bonds. The summed E-state index contributed by atoms with van der Waals surface area (Å²) in [5, 5.41) is 19.6. The van der Waals surface area contributed by atoms with E-state index in [4.69, 9.17) is 5.11 Å². The van der Waals surface area contributed by atoms with Gasteiger partial charge in [0.15, 0.2) is 0 Å². The Bertz CT molecular complexity index is 487. The van der Waals surface area contributed by atoms with E-state index in [9.17, 15) is 14.9 Å². The molecule has 1 fully saturated rings. The summed E-state index contributed by atoms with van der Waals surface area (Å²) >= 11 is 3.11. The Kier molecular flexibility index (Phi) is 2.97. The Morgan fingerprint density at radius 2 is 2.29 bits per heavy atom. The molecular formula is C9H8BrN3O4. The third-order valence-electron chi connectivity index (χ3n) is 2.54. The summed E-state index contributed by atoms with van der Waals surface area (Å²) in [7, 11) is 0. The van der Waals surface area contributed by atoms with Crippen molar-refractivity contribution in [2.45, 2.75) is 0 Å². The smallest absolute Gasteiger partial charge is 0.312 e. The van der Waals surface area contributed by atoms with Crippen molar-refractivity contribution in [2.75, 3.05) is 18.0 Å². The van der Waals surface area contributed by atoms with E-state index >= 15 is 0 Å². The molecule has 8 heteroatoms. The number of nitrogens with zero attached hydrogens (tertiary/aromatic N) is 3. The molecule has 0 bridgehead atoms. The first-order valence-corrected chi connectivity index (χ1v) is 5.56. The zero-order valence-corrected chi connectivity index (χ0v) is 10.1. The molecule has 7 nitrogen and oxygen atoms in total. The minimum atomic E-state index is -0.888. The van der Waals surface area contributed by atoms with E-state index in [-0.39, 0.29) is 24.6 Å². The summed E-state index contributed by atoms with van der Waals surface area (Å²) in [5.74, 6) is -1.14. The molecule has 0 unspecified atom stereocenters. The van der Waals surface area contributed by atoms with Gasteiger partial charge in [0, 0.05) is 29.8 Å². The normalized spacial score (nSPS) is 15.5. The van der Waals surface area contributed by atoms with Crippen molar-refractivity contribution < 1.29 is 14.8 Å². The minimum Gasteiger partial charge on any atom is -0.481 e. The van der Waals surface area contributed by atoms with Gasteiger partial charge in [0.25, 0.3) is 0 Å². The number of pyridine rings is 1. The highest BCUT2D eigenvalue weighted by Gasteiger charge is 2.36. The van der Waals surface area contributed by atoms with Gasteiger partial charge in [-0.15, -0.1) is 0 Å². The van der Waals surface area contributed by atoms with Crippen LogP contribution in [-0.4, -0.2) is 34.1 Å². The molecule has 1 aliphatic rings. The summed E-state index contributed by atoms with van der Waals surface area (Å²) in [6, 6.07) is 1.36. The Morgan fingerprint density at radius 1 is 1.65 bits per heavy atom. The molecule has 1 aromatic rings. The molecule has 2 heterocycles. The van der Waals surface area contributed by atoms with Crippen LogP contribution in [0.5, 0.6) is 0 Å². The van der Waals surface area contributed by atoms with Gasteiger partial charge < -0.3 is 10.0 Å². The summed E-state index contributed by atoms with van der Waals surface area (Å²) < 4.78 is 0.517. The zero-order chi connectivity index (χ0) is 12.6. The van der Waals surface area contributed by atoms with Crippen LogP contribution in [-0.2, 0) is 4.79 Å². The second kappa shape index (κ2) is 4.28. The van der Waals surface area contributed by atoms with Gasteiger partial charge in [-0.25, -0.2) is 4.98 Å². The average molecular weight is 302 g/mol. The molecule has 0 saturated carbocycles. The Balaban J connectivity index is 2.23. The van der Waals surface area contributed by atoms with Crippen molar-refractivity contribution >= 4 is 33.4 Å². The van der Waals surface area contributed by atoms with Crippen molar-refractivity contribution in [1.29, 1.82) is 0 Å². The number of rotatable bonds is 3. The number of carbonyl (C=O) groups is 1. The van der Waals surface area contributed by atoms with Crippen molar-refractivity contribution in [3.05, 3.63) is 26.9 Å². The highest BCUT2D eigenvalue weighted by atomic mass is 79.9. The molecule has 0 spiro atoms. The highest BCUT2D eigenvalue weighted by Crippen LogP contribution is 2.32. The Labute approximate surface area is 104 Å². The molecule has 90 valence electrons. The number of hydrogen-bond acceptors (Lipinski definition) is 5. The summed E-state index contributed by atoms with van der Waals surface area (Å²) in [6.45, 7) is 0.510. The average Bonchev–Trinajstić information content (AvgIpc) is 2.16. The van der Waals surface area contributed by atoms with Gasteiger partial charge in [-0.05, 0) is 15.9 Å². The van der Waals surface area contributed by atoms with Gasteiger partial charge in [-0.2, -0.15) is 0 Å². The number of hydrogen-bond donors (Lipinski definition) is 1. The minimum absolute atomic E-state index is 0.122. The molecule has 1 saturated heterocycles. The topological polar surface area (TPSA) is 96.6 Å². The Morgan fingerprint density at radius 3 is 2.82 bits per heavy atom. The molecule has 1 aliphatic heterocycles. The molecule has 2 rings (SSSR count). The zero-order valence-electron chi connectivity index (χ0n) is 8.54. The summed E-state index contributed by atoms with van der Waals surface area (Å²) in [4.78, 5) is 26.5. The fourth-order valence-electron chi connectivity index (χ4n) is 1.61. The number of carboxylic acids is 1. The summed E-state index contributed by atoms with van der Waals surface area (Å²) in [5.41, 5.74) is -0.122. The van der Waals surface area contributed by atoms with Crippen molar-refractivity contribution in [3.8, 4) is 0 Å². The lowest BCUT2D eigenvalue weighted by molar-refractivity contribution is -0.384. The standard InChI is InChI=1S/C9H8BrN3O4/c10-6-1-7(13(16)17)8(11-2-6)12-3-5(4-12)9(14)15/h1-2,5H,3-4H2,(H,14,15). The largest absolute Gasteiger partial charge is 0.481 e. The number of aromatic nitrogens is 1. The van der Waals surface area contributed by atoms with Crippen LogP contribution in [0.4, 0.5) is 11.5 Å². The highest BCUT2D eigenvalue weighted by molar-refractivity contribution is 9.10. The third kappa shape index (κ3) is 2.21. The van der Waals surface area contributed by atoms with Gasteiger partial charge in [-0.3, -0.25) is 14.9 Å². The molecule has 0 aromatic carbocycles. The van der Waals surface area contributed by atoms with Crippen molar-refractivity contribution in [3.63, 3.8) is 0 Å². The van der Waals surface area contributed by atoms with Crippen LogP contribution in [0.25, 0.3) is 0 Å². The van der Waals surface area contributed by atoms with Crippen LogP contribution < -0.4 is 4.90 Å². The summed E-state index contributed by atoms with van der Waals surface area (Å²) in [6.07, 6.45) is 1.45. The van der Waals surface area contributed by atoms with Gasteiger partial charge in [0.2, 0.25) is 5.82 Å². The maximum absolute atomic E-state index is 10.8. The first-order valence-electron chi connectivity index (χ1n) is 4.76. The predicted octanol–water partition coefficient (Wildman–Crippen LogP) is 1.27. The lowest BCUT2D eigenvalue weighted by atomic mass is 10.0. The second-order valence-electron chi connectivity index (χ2n) is 3.69. The van der Waals surface area contributed by atoms with Crippen LogP contribution in [0.15, 0.2) is 16.7 Å². The van der Waals surface area contributed by atoms with Crippen LogP contribution in [0, 0.1) is 16.0 Å². The van der Waals surface area contributed by atoms with E-state index < -0.39 is 16.8 Å². The van der Waals surface area contributed by atoms with E-state index in [0.29, 0.717) is 4.47 Å². The van der Waals surface area contributed by atoms with E-state index in [0.717, 1.165) is 0 Å². The van der Waals surface area contributed by atoms with Crippen molar-refractivity contribution in [1.82, 2.24) is 4.98 Å². The molecule has 0 atom stereocenters. The van der Waals surface area contributed by atoms with Crippen LogP contribution in [0.3, 0.4) is 0 Å². The maximum atomic E-state index is 10.8. The number of nitro groups is 1. The first-order chi connectivity index (χ1) is 7.99. The van der Waals surface area contributed by atoms with Crippen LogP contribution >= 0.6 is 15.9 Å². The fraction of sp³-hybridized carbons (Fsp3) is 0.333. The van der Waals surface area contributed by atoms with Gasteiger partial charge in [0.1, 0.15) is 0 Å². The molecule has 0 aliphatic carbocycles. The van der Waals surface area contributed by atoms with Crippen molar-refractivity contribution in [2.24, 2.45) is 5.92 Å². The number of anilines is 1. The molecule has 1 aromatic heterocycles. The van der Waals surface area contributed by atoms with E-state index in [1.165, 1.54) is 12.3 Å². The number of carboxylic acid groups (broad SMARTS) is 1. The van der Waals surface area contributed by atoms with Gasteiger partial charge in [0.05, 0.1) is 10.8 Å². The lowest BCUT2D eigenvalue weighted by Crippen LogP contribution is -2.51.